The van der Waals surface area contributed by atoms with Crippen molar-refractivity contribution in [3.05, 3.63) is 35.4 Å². The monoisotopic (exact) mass is 318 g/mol. The van der Waals surface area contributed by atoms with Crippen molar-refractivity contribution >= 4 is 12.1 Å². The van der Waals surface area contributed by atoms with Gasteiger partial charge in [-0.15, -0.1) is 0 Å². The van der Waals surface area contributed by atoms with Crippen LogP contribution in [-0.2, 0) is 6.54 Å². The van der Waals surface area contributed by atoms with Gasteiger partial charge in [0, 0.05) is 26.7 Å². The van der Waals surface area contributed by atoms with E-state index < -0.39 is 0 Å². The summed E-state index contributed by atoms with van der Waals surface area (Å²) in [5.74, 6) is 0.450. The highest BCUT2D eigenvalue weighted by Crippen LogP contribution is 2.33. The van der Waals surface area contributed by atoms with Crippen LogP contribution in [0, 0.1) is 0 Å². The zero-order chi connectivity index (χ0) is 16.7. The lowest BCUT2D eigenvalue weighted by atomic mass is 9.81. The van der Waals surface area contributed by atoms with Gasteiger partial charge in [-0.2, -0.15) is 0 Å². The fourth-order valence-electron chi connectivity index (χ4n) is 3.11. The predicted octanol–water partition coefficient (Wildman–Crippen LogP) is 2.07. The van der Waals surface area contributed by atoms with Crippen molar-refractivity contribution in [2.45, 2.75) is 44.2 Å². The molecule has 4 amide bonds. The quantitative estimate of drug-likeness (QED) is 0.685. The molecule has 1 aliphatic carbocycles. The molecule has 0 bridgehead atoms. The van der Waals surface area contributed by atoms with E-state index in [-0.39, 0.29) is 18.1 Å². The van der Waals surface area contributed by atoms with Crippen LogP contribution in [0.5, 0.6) is 0 Å². The summed E-state index contributed by atoms with van der Waals surface area (Å²) in [6.45, 7) is 0.514. The lowest BCUT2D eigenvalue weighted by molar-refractivity contribution is 0.233. The standard InChI is InChI=1S/C17H26N4O2/c1-18-16(22)20-11-12-5-3-6-13(9-12)14-7-4-8-15(10-14)21-17(23)19-2/h3,5-6,9,14-15H,4,7-8,10-11H2,1-2H3,(H2,18,20,22)(H2,19,21,23). The molecule has 126 valence electrons. The molecule has 6 heteroatoms. The van der Waals surface area contributed by atoms with Gasteiger partial charge in [-0.1, -0.05) is 30.7 Å². The Morgan fingerprint density at radius 1 is 1.13 bits per heavy atom. The molecule has 1 aromatic carbocycles. The Balaban J connectivity index is 1.97. The second kappa shape index (κ2) is 8.41. The molecule has 0 heterocycles. The van der Waals surface area contributed by atoms with Crippen molar-refractivity contribution in [2.75, 3.05) is 14.1 Å². The highest BCUT2D eigenvalue weighted by atomic mass is 16.2. The van der Waals surface area contributed by atoms with E-state index in [1.807, 2.05) is 12.1 Å². The van der Waals surface area contributed by atoms with Crippen LogP contribution in [0.1, 0.15) is 42.7 Å². The van der Waals surface area contributed by atoms with Gasteiger partial charge in [0.2, 0.25) is 0 Å². The summed E-state index contributed by atoms with van der Waals surface area (Å²) in [5, 5.41) is 11.0. The Morgan fingerprint density at radius 2 is 1.91 bits per heavy atom. The second-order valence-electron chi connectivity index (χ2n) is 5.96. The van der Waals surface area contributed by atoms with E-state index in [0.717, 1.165) is 31.2 Å². The van der Waals surface area contributed by atoms with Gasteiger partial charge in [0.05, 0.1) is 0 Å². The minimum Gasteiger partial charge on any atom is -0.341 e. The van der Waals surface area contributed by atoms with Crippen LogP contribution < -0.4 is 21.3 Å². The first-order valence-electron chi connectivity index (χ1n) is 8.15. The molecule has 2 atom stereocenters. The van der Waals surface area contributed by atoms with Crippen molar-refractivity contribution < 1.29 is 9.59 Å². The van der Waals surface area contributed by atoms with Gasteiger partial charge < -0.3 is 21.3 Å². The predicted molar refractivity (Wildman–Crippen MR) is 90.3 cm³/mol. The Morgan fingerprint density at radius 3 is 2.65 bits per heavy atom. The van der Waals surface area contributed by atoms with E-state index in [2.05, 4.69) is 33.4 Å². The van der Waals surface area contributed by atoms with Crippen molar-refractivity contribution in [2.24, 2.45) is 0 Å². The smallest absolute Gasteiger partial charge is 0.314 e. The van der Waals surface area contributed by atoms with E-state index in [9.17, 15) is 9.59 Å². The highest BCUT2D eigenvalue weighted by molar-refractivity contribution is 5.74. The molecule has 23 heavy (non-hydrogen) atoms. The molecule has 4 N–H and O–H groups in total. The topological polar surface area (TPSA) is 82.3 Å². The number of carbonyl (C=O) groups excluding carboxylic acids is 2. The van der Waals surface area contributed by atoms with Crippen molar-refractivity contribution in [3.8, 4) is 0 Å². The van der Waals surface area contributed by atoms with E-state index in [0.29, 0.717) is 12.5 Å². The summed E-state index contributed by atoms with van der Waals surface area (Å²) in [6, 6.07) is 8.27. The van der Waals surface area contributed by atoms with Gasteiger partial charge in [0.25, 0.3) is 0 Å². The third-order valence-electron chi connectivity index (χ3n) is 4.34. The maximum Gasteiger partial charge on any atom is 0.314 e. The highest BCUT2D eigenvalue weighted by Gasteiger charge is 2.24. The molecule has 0 radical (unpaired) electrons. The summed E-state index contributed by atoms with van der Waals surface area (Å²) < 4.78 is 0. The van der Waals surface area contributed by atoms with Crippen LogP contribution >= 0.6 is 0 Å². The Labute approximate surface area is 137 Å². The molecule has 2 unspecified atom stereocenters. The van der Waals surface area contributed by atoms with Crippen LogP contribution in [0.2, 0.25) is 0 Å². The van der Waals surface area contributed by atoms with Gasteiger partial charge in [0.1, 0.15) is 0 Å². The zero-order valence-corrected chi connectivity index (χ0v) is 13.8. The van der Waals surface area contributed by atoms with Gasteiger partial charge in [-0.3, -0.25) is 0 Å². The van der Waals surface area contributed by atoms with E-state index in [4.69, 9.17) is 0 Å². The van der Waals surface area contributed by atoms with Gasteiger partial charge in [-0.05, 0) is 36.3 Å². The first-order chi connectivity index (χ1) is 11.1. The summed E-state index contributed by atoms with van der Waals surface area (Å²) in [7, 11) is 3.24. The fraction of sp³-hybridized carbons (Fsp3) is 0.529. The van der Waals surface area contributed by atoms with Crippen LogP contribution in [-0.4, -0.2) is 32.2 Å². The maximum atomic E-state index is 11.5. The number of nitrogens with one attached hydrogen (secondary N) is 4. The number of hydrogen-bond donors (Lipinski definition) is 4. The molecule has 0 aliphatic heterocycles. The number of rotatable bonds is 4. The molecule has 2 rings (SSSR count). The third kappa shape index (κ3) is 5.16. The van der Waals surface area contributed by atoms with Gasteiger partial charge >= 0.3 is 12.1 Å². The Hall–Kier alpha value is -2.24. The largest absolute Gasteiger partial charge is 0.341 e. The Bertz CT molecular complexity index is 547. The molecule has 0 aromatic heterocycles. The summed E-state index contributed by atoms with van der Waals surface area (Å²) in [6.07, 6.45) is 4.24. The van der Waals surface area contributed by atoms with Gasteiger partial charge in [0.15, 0.2) is 0 Å². The molecule has 0 saturated heterocycles. The van der Waals surface area contributed by atoms with Crippen molar-refractivity contribution in [1.29, 1.82) is 0 Å². The zero-order valence-electron chi connectivity index (χ0n) is 13.8. The normalized spacial score (nSPS) is 20.4. The SMILES string of the molecule is CNC(=O)NCc1cccc(C2CCCC(NC(=O)NC)C2)c1. The van der Waals surface area contributed by atoms with E-state index in [1.165, 1.54) is 5.56 Å². The number of urea groups is 2. The second-order valence-corrected chi connectivity index (χ2v) is 5.96. The molecule has 6 nitrogen and oxygen atoms in total. The van der Waals surface area contributed by atoms with Crippen molar-refractivity contribution in [3.63, 3.8) is 0 Å². The summed E-state index contributed by atoms with van der Waals surface area (Å²) >= 11 is 0. The molecular formula is C17H26N4O2. The number of amides is 4. The molecule has 1 aromatic rings. The lowest BCUT2D eigenvalue weighted by Gasteiger charge is -2.30. The van der Waals surface area contributed by atoms with Gasteiger partial charge in [-0.25, -0.2) is 9.59 Å². The minimum atomic E-state index is -0.178. The molecule has 0 spiro atoms. The number of carbonyl (C=O) groups is 2. The number of hydrogen-bond acceptors (Lipinski definition) is 2. The van der Waals surface area contributed by atoms with Crippen LogP contribution in [0.25, 0.3) is 0 Å². The lowest BCUT2D eigenvalue weighted by Crippen LogP contribution is -2.42. The Kier molecular flexibility index (Phi) is 6.26. The van der Waals surface area contributed by atoms with Crippen molar-refractivity contribution in [1.82, 2.24) is 21.3 Å². The molecule has 1 aliphatic rings. The maximum absolute atomic E-state index is 11.5. The average molecular weight is 318 g/mol. The van der Waals surface area contributed by atoms with Crippen LogP contribution in [0.15, 0.2) is 24.3 Å². The number of benzene rings is 1. The molecule has 1 saturated carbocycles. The van der Waals surface area contributed by atoms with Crippen LogP contribution in [0.4, 0.5) is 9.59 Å². The summed E-state index contributed by atoms with van der Waals surface area (Å²) in [5.41, 5.74) is 2.37. The molecular weight excluding hydrogens is 292 g/mol. The van der Waals surface area contributed by atoms with E-state index >= 15 is 0 Å². The minimum absolute atomic E-state index is 0.112. The third-order valence-corrected chi connectivity index (χ3v) is 4.34. The molecule has 1 fully saturated rings. The first-order valence-corrected chi connectivity index (χ1v) is 8.15. The van der Waals surface area contributed by atoms with Crippen LogP contribution in [0.3, 0.4) is 0 Å². The fourth-order valence-corrected chi connectivity index (χ4v) is 3.11. The first kappa shape index (κ1) is 17.1. The van der Waals surface area contributed by atoms with E-state index in [1.54, 1.807) is 14.1 Å². The average Bonchev–Trinajstić information content (AvgIpc) is 2.60. The summed E-state index contributed by atoms with van der Waals surface area (Å²) in [4.78, 5) is 22.8.